The molecule has 1 heterocycles. The average Bonchev–Trinajstić information content (AvgIpc) is 3.16. The van der Waals surface area contributed by atoms with Gasteiger partial charge in [-0.3, -0.25) is 4.79 Å². The Morgan fingerprint density at radius 2 is 1.92 bits per heavy atom. The molecule has 0 aromatic rings. The molecule has 0 aromatic heterocycles. The van der Waals surface area contributed by atoms with Gasteiger partial charge >= 0.3 is 12.1 Å². The van der Waals surface area contributed by atoms with Crippen molar-refractivity contribution in [3.63, 3.8) is 0 Å². The van der Waals surface area contributed by atoms with Gasteiger partial charge in [0, 0.05) is 24.9 Å². The third kappa shape index (κ3) is 5.65. The largest absolute Gasteiger partial charge is 0.469 e. The van der Waals surface area contributed by atoms with E-state index in [4.69, 9.17) is 4.74 Å². The zero-order valence-corrected chi connectivity index (χ0v) is 15.5. The number of hydrogen-bond acceptors (Lipinski definition) is 5. The molecule has 1 spiro atoms. The molecule has 1 aliphatic carbocycles. The van der Waals surface area contributed by atoms with Crippen LogP contribution in [0.15, 0.2) is 0 Å². The lowest BCUT2D eigenvalue weighted by Gasteiger charge is -2.24. The highest BCUT2D eigenvalue weighted by atomic mass is 16.6. The van der Waals surface area contributed by atoms with Gasteiger partial charge in [0.25, 0.3) is 0 Å². The molecule has 1 atom stereocenters. The Kier molecular flexibility index (Phi) is 6.12. The van der Waals surface area contributed by atoms with Crippen LogP contribution < -0.4 is 5.32 Å². The molecule has 0 unspecified atom stereocenters. The van der Waals surface area contributed by atoms with Gasteiger partial charge in [-0.05, 0) is 53.0 Å². The number of carbonyl (C=O) groups excluding carboxylic acids is 2. The summed E-state index contributed by atoms with van der Waals surface area (Å²) >= 11 is 0. The first-order valence-corrected chi connectivity index (χ1v) is 9.03. The van der Waals surface area contributed by atoms with Gasteiger partial charge in [-0.2, -0.15) is 0 Å². The van der Waals surface area contributed by atoms with Crippen molar-refractivity contribution in [2.75, 3.05) is 26.7 Å². The van der Waals surface area contributed by atoms with Gasteiger partial charge in [-0.15, -0.1) is 0 Å². The van der Waals surface area contributed by atoms with Crippen LogP contribution in [0, 0.1) is 5.41 Å². The predicted molar refractivity (Wildman–Crippen MR) is 91.7 cm³/mol. The zero-order chi connectivity index (χ0) is 17.8. The Morgan fingerprint density at radius 3 is 2.50 bits per heavy atom. The summed E-state index contributed by atoms with van der Waals surface area (Å²) in [6, 6.07) is 0.197. The molecule has 1 aliphatic heterocycles. The summed E-state index contributed by atoms with van der Waals surface area (Å²) in [6.45, 7) is 8.63. The highest BCUT2D eigenvalue weighted by Gasteiger charge is 2.55. The van der Waals surface area contributed by atoms with Crippen molar-refractivity contribution in [2.24, 2.45) is 5.41 Å². The maximum atomic E-state index is 12.0. The van der Waals surface area contributed by atoms with Crippen molar-refractivity contribution in [1.29, 1.82) is 0 Å². The van der Waals surface area contributed by atoms with E-state index in [2.05, 4.69) is 15.0 Å². The van der Waals surface area contributed by atoms with Gasteiger partial charge in [-0.1, -0.05) is 6.42 Å². The number of hydrogen-bond donors (Lipinski definition) is 1. The monoisotopic (exact) mass is 340 g/mol. The van der Waals surface area contributed by atoms with Crippen LogP contribution in [0.5, 0.6) is 0 Å². The lowest BCUT2D eigenvalue weighted by atomic mass is 10.0. The van der Waals surface area contributed by atoms with Crippen LogP contribution >= 0.6 is 0 Å². The Labute approximate surface area is 145 Å². The first-order valence-electron chi connectivity index (χ1n) is 9.03. The molecule has 1 saturated heterocycles. The molecule has 2 rings (SSSR count). The average molecular weight is 340 g/mol. The molecule has 1 saturated carbocycles. The molecule has 2 fully saturated rings. The number of ether oxygens (including phenoxy) is 2. The fourth-order valence-corrected chi connectivity index (χ4v) is 3.44. The molecule has 0 radical (unpaired) electrons. The molecule has 6 nitrogen and oxygen atoms in total. The topological polar surface area (TPSA) is 67.9 Å². The Morgan fingerprint density at radius 1 is 1.21 bits per heavy atom. The van der Waals surface area contributed by atoms with Gasteiger partial charge in [0.1, 0.15) is 5.60 Å². The number of esters is 1. The van der Waals surface area contributed by atoms with E-state index in [0.717, 1.165) is 38.9 Å². The van der Waals surface area contributed by atoms with E-state index in [9.17, 15) is 9.59 Å². The summed E-state index contributed by atoms with van der Waals surface area (Å²) < 4.78 is 10.0. The van der Waals surface area contributed by atoms with E-state index in [0.29, 0.717) is 6.42 Å². The number of rotatable bonds is 7. The number of amides is 1. The van der Waals surface area contributed by atoms with Crippen LogP contribution in [0.2, 0.25) is 0 Å². The van der Waals surface area contributed by atoms with Crippen LogP contribution in [0.25, 0.3) is 0 Å². The maximum Gasteiger partial charge on any atom is 0.407 e. The zero-order valence-electron chi connectivity index (χ0n) is 15.5. The smallest absolute Gasteiger partial charge is 0.407 e. The second-order valence-corrected chi connectivity index (χ2v) is 8.18. The lowest BCUT2D eigenvalue weighted by Crippen LogP contribution is -2.44. The molecule has 1 amide bonds. The summed E-state index contributed by atoms with van der Waals surface area (Å²) in [5, 5.41) is 3.08. The van der Waals surface area contributed by atoms with Crippen molar-refractivity contribution in [2.45, 2.75) is 70.9 Å². The van der Waals surface area contributed by atoms with E-state index < -0.39 is 5.60 Å². The van der Waals surface area contributed by atoms with Crippen molar-refractivity contribution < 1.29 is 19.1 Å². The van der Waals surface area contributed by atoms with Crippen LogP contribution in [0.3, 0.4) is 0 Å². The minimum Gasteiger partial charge on any atom is -0.469 e. The Hall–Kier alpha value is -1.30. The van der Waals surface area contributed by atoms with Crippen molar-refractivity contribution in [3.8, 4) is 0 Å². The van der Waals surface area contributed by atoms with Gasteiger partial charge in [0.15, 0.2) is 0 Å². The van der Waals surface area contributed by atoms with Gasteiger partial charge < -0.3 is 19.7 Å². The minimum absolute atomic E-state index is 0.130. The van der Waals surface area contributed by atoms with Crippen molar-refractivity contribution in [1.82, 2.24) is 10.2 Å². The molecular weight excluding hydrogens is 308 g/mol. The summed E-state index contributed by atoms with van der Waals surface area (Å²) in [5.41, 5.74) is -0.193. The van der Waals surface area contributed by atoms with Gasteiger partial charge in [0.2, 0.25) is 0 Å². The summed E-state index contributed by atoms with van der Waals surface area (Å²) in [4.78, 5) is 25.6. The molecule has 0 aromatic carbocycles. The van der Waals surface area contributed by atoms with Gasteiger partial charge in [0.05, 0.1) is 13.2 Å². The SMILES string of the molecule is COC(=O)CCCCCN1C[C@H](NC(=O)OC(C)(C)C)C2(CC2)C1. The fraction of sp³-hybridized carbons (Fsp3) is 0.889. The van der Waals surface area contributed by atoms with E-state index in [1.165, 1.54) is 20.0 Å². The highest BCUT2D eigenvalue weighted by Crippen LogP contribution is 2.52. The summed E-state index contributed by atoms with van der Waals surface area (Å²) in [6.07, 6.45) is 5.56. The van der Waals surface area contributed by atoms with E-state index in [1.807, 2.05) is 20.8 Å². The van der Waals surface area contributed by atoms with Crippen molar-refractivity contribution >= 4 is 12.1 Å². The first-order chi connectivity index (χ1) is 11.2. The van der Waals surface area contributed by atoms with E-state index >= 15 is 0 Å². The Bertz CT molecular complexity index is 454. The summed E-state index contributed by atoms with van der Waals surface area (Å²) in [7, 11) is 1.43. The Balaban J connectivity index is 1.69. The highest BCUT2D eigenvalue weighted by molar-refractivity contribution is 5.69. The standard InChI is InChI=1S/C18H32N2O4/c1-17(2,3)24-16(22)19-14-12-20(13-18(14)9-10-18)11-7-5-6-8-15(21)23-4/h14H,5-13H2,1-4H3,(H,19,22)/t14-/m0/s1. The number of unbranched alkanes of at least 4 members (excludes halogenated alkanes) is 2. The lowest BCUT2D eigenvalue weighted by molar-refractivity contribution is -0.140. The van der Waals surface area contributed by atoms with Crippen LogP contribution in [0.4, 0.5) is 4.79 Å². The molecule has 138 valence electrons. The van der Waals surface area contributed by atoms with Crippen LogP contribution in [-0.4, -0.2) is 55.3 Å². The summed E-state index contributed by atoms with van der Waals surface area (Å²) in [5.74, 6) is -0.130. The molecule has 6 heteroatoms. The first kappa shape index (κ1) is 19.0. The normalized spacial score (nSPS) is 22.4. The third-order valence-electron chi connectivity index (χ3n) is 4.88. The maximum absolute atomic E-state index is 12.0. The van der Waals surface area contributed by atoms with E-state index in [-0.39, 0.29) is 23.5 Å². The quantitative estimate of drug-likeness (QED) is 0.570. The number of likely N-dealkylation sites (tertiary alicyclic amines) is 1. The second kappa shape index (κ2) is 7.72. The number of nitrogens with zero attached hydrogens (tertiary/aromatic N) is 1. The van der Waals surface area contributed by atoms with Crippen LogP contribution in [-0.2, 0) is 14.3 Å². The third-order valence-corrected chi connectivity index (χ3v) is 4.88. The molecule has 0 bridgehead atoms. The van der Waals surface area contributed by atoms with Crippen LogP contribution in [0.1, 0.15) is 59.3 Å². The molecule has 1 N–H and O–H groups in total. The molecule has 24 heavy (non-hydrogen) atoms. The number of carbonyl (C=O) groups is 2. The number of alkyl carbamates (subject to hydrolysis) is 1. The number of nitrogens with one attached hydrogen (secondary N) is 1. The number of methoxy groups -OCH3 is 1. The van der Waals surface area contributed by atoms with E-state index in [1.54, 1.807) is 0 Å². The van der Waals surface area contributed by atoms with Crippen molar-refractivity contribution in [3.05, 3.63) is 0 Å². The molecular formula is C18H32N2O4. The second-order valence-electron chi connectivity index (χ2n) is 8.18. The molecule has 2 aliphatic rings. The predicted octanol–water partition coefficient (Wildman–Crippen LogP) is 2.71. The van der Waals surface area contributed by atoms with Gasteiger partial charge in [-0.25, -0.2) is 4.79 Å². The minimum atomic E-state index is -0.460. The fourth-order valence-electron chi connectivity index (χ4n) is 3.44.